The van der Waals surface area contributed by atoms with Crippen LogP contribution < -0.4 is 10.2 Å². The Balaban J connectivity index is 1.77. The van der Waals surface area contributed by atoms with Gasteiger partial charge in [0.15, 0.2) is 0 Å². The van der Waals surface area contributed by atoms with Crippen LogP contribution in [0.1, 0.15) is 45.1 Å². The Morgan fingerprint density at radius 3 is 2.78 bits per heavy atom. The molecule has 3 heteroatoms. The van der Waals surface area contributed by atoms with E-state index in [-0.39, 0.29) is 6.10 Å². The zero-order chi connectivity index (χ0) is 12.8. The van der Waals surface area contributed by atoms with Crippen LogP contribution >= 0.6 is 0 Å². The molecule has 0 radical (unpaired) electrons. The topological polar surface area (TPSA) is 30.5 Å². The number of hydroxylamine groups is 1. The molecule has 1 N–H and O–H groups in total. The lowest BCUT2D eigenvalue weighted by molar-refractivity contribution is -0.0244. The van der Waals surface area contributed by atoms with Crippen LogP contribution in [0.4, 0.5) is 0 Å². The molecule has 1 aromatic rings. The van der Waals surface area contributed by atoms with Crippen molar-refractivity contribution in [3.63, 3.8) is 0 Å². The van der Waals surface area contributed by atoms with E-state index in [1.54, 1.807) is 0 Å². The van der Waals surface area contributed by atoms with Crippen LogP contribution in [0.3, 0.4) is 0 Å². The first-order chi connectivity index (χ1) is 8.74. The smallest absolute Gasteiger partial charge is 0.120 e. The highest BCUT2D eigenvalue weighted by Crippen LogP contribution is 2.20. The van der Waals surface area contributed by atoms with Crippen LogP contribution in [0, 0.1) is 0 Å². The average Bonchev–Trinajstić information content (AvgIpc) is 2.82. The second-order valence-corrected chi connectivity index (χ2v) is 5.16. The van der Waals surface area contributed by atoms with Crippen molar-refractivity contribution in [1.29, 1.82) is 0 Å². The van der Waals surface area contributed by atoms with E-state index >= 15 is 0 Å². The van der Waals surface area contributed by atoms with Crippen molar-refractivity contribution < 1.29 is 9.57 Å². The van der Waals surface area contributed by atoms with Gasteiger partial charge in [-0.25, -0.2) is 0 Å². The molecule has 0 amide bonds. The third-order valence-electron chi connectivity index (χ3n) is 3.10. The van der Waals surface area contributed by atoms with Gasteiger partial charge in [0.1, 0.15) is 5.75 Å². The van der Waals surface area contributed by atoms with E-state index in [1.807, 2.05) is 26.0 Å². The fraction of sp³-hybridized carbons (Fsp3) is 0.600. The lowest BCUT2D eigenvalue weighted by atomic mass is 10.2. The van der Waals surface area contributed by atoms with Gasteiger partial charge in [-0.3, -0.25) is 4.84 Å². The summed E-state index contributed by atoms with van der Waals surface area (Å²) in [6.07, 6.45) is 5.57. The zero-order valence-corrected chi connectivity index (χ0v) is 11.3. The number of benzene rings is 1. The number of nitrogens with one attached hydrogen (secondary N) is 1. The average molecular weight is 249 g/mol. The molecule has 1 fully saturated rings. The summed E-state index contributed by atoms with van der Waals surface area (Å²) in [6.45, 7) is 4.80. The van der Waals surface area contributed by atoms with Crippen molar-refractivity contribution in [3.8, 4) is 5.75 Å². The fourth-order valence-corrected chi connectivity index (χ4v) is 2.25. The predicted octanol–water partition coefficient (Wildman–Crippen LogP) is 3.44. The van der Waals surface area contributed by atoms with Crippen molar-refractivity contribution in [2.45, 2.75) is 58.3 Å². The van der Waals surface area contributed by atoms with E-state index in [9.17, 15) is 0 Å². The van der Waals surface area contributed by atoms with Gasteiger partial charge in [0.05, 0.1) is 12.2 Å². The molecule has 0 aliphatic heterocycles. The molecule has 0 aromatic heterocycles. The minimum absolute atomic E-state index is 0.211. The Hall–Kier alpha value is -1.06. The third kappa shape index (κ3) is 4.31. The molecule has 1 aliphatic rings. The Labute approximate surface area is 109 Å². The van der Waals surface area contributed by atoms with Gasteiger partial charge in [-0.05, 0) is 44.4 Å². The fourth-order valence-electron chi connectivity index (χ4n) is 2.25. The van der Waals surface area contributed by atoms with E-state index in [0.717, 1.165) is 12.3 Å². The maximum absolute atomic E-state index is 5.67. The van der Waals surface area contributed by atoms with Gasteiger partial charge >= 0.3 is 0 Å². The molecule has 0 spiro atoms. The molecule has 0 saturated heterocycles. The Bertz CT molecular complexity index is 359. The minimum Gasteiger partial charge on any atom is -0.491 e. The molecule has 2 rings (SSSR count). The number of rotatable bonds is 6. The Morgan fingerprint density at radius 2 is 2.06 bits per heavy atom. The highest BCUT2D eigenvalue weighted by Gasteiger charge is 2.15. The molecule has 1 saturated carbocycles. The van der Waals surface area contributed by atoms with Crippen molar-refractivity contribution in [1.82, 2.24) is 5.48 Å². The maximum atomic E-state index is 5.67. The second-order valence-electron chi connectivity index (χ2n) is 5.16. The zero-order valence-electron chi connectivity index (χ0n) is 11.3. The van der Waals surface area contributed by atoms with Crippen LogP contribution in [0.25, 0.3) is 0 Å². The minimum atomic E-state index is 0.211. The van der Waals surface area contributed by atoms with Crippen molar-refractivity contribution in [3.05, 3.63) is 29.8 Å². The molecule has 1 aliphatic carbocycles. The third-order valence-corrected chi connectivity index (χ3v) is 3.10. The summed E-state index contributed by atoms with van der Waals surface area (Å²) in [5.74, 6) is 0.921. The van der Waals surface area contributed by atoms with Gasteiger partial charge in [-0.2, -0.15) is 5.48 Å². The van der Waals surface area contributed by atoms with Crippen LogP contribution in [0.2, 0.25) is 0 Å². The normalized spacial score (nSPS) is 16.4. The van der Waals surface area contributed by atoms with E-state index in [2.05, 4.69) is 17.6 Å². The van der Waals surface area contributed by atoms with E-state index in [4.69, 9.17) is 9.57 Å². The summed E-state index contributed by atoms with van der Waals surface area (Å²) in [6, 6.07) is 8.15. The van der Waals surface area contributed by atoms with Gasteiger partial charge in [0.2, 0.25) is 0 Å². The molecule has 3 nitrogen and oxygen atoms in total. The number of hydrogen-bond donors (Lipinski definition) is 1. The van der Waals surface area contributed by atoms with Gasteiger partial charge in [-0.1, -0.05) is 25.0 Å². The molecule has 0 bridgehead atoms. The first-order valence-corrected chi connectivity index (χ1v) is 6.88. The summed E-state index contributed by atoms with van der Waals surface area (Å²) in [5.41, 5.74) is 4.25. The molecule has 100 valence electrons. The maximum Gasteiger partial charge on any atom is 0.120 e. The van der Waals surface area contributed by atoms with Crippen molar-refractivity contribution in [2.24, 2.45) is 0 Å². The standard InChI is InChI=1S/C15H23NO2/c1-12(2)17-15-9-5-6-13(10-15)11-16-18-14-7-3-4-8-14/h5-6,9-10,12,14,16H,3-4,7-8,11H2,1-2H3. The molecule has 0 atom stereocenters. The molecule has 1 aromatic carbocycles. The lowest BCUT2D eigenvalue weighted by Gasteiger charge is -2.13. The lowest BCUT2D eigenvalue weighted by Crippen LogP contribution is -2.21. The SMILES string of the molecule is CC(C)Oc1cccc(CNOC2CCCC2)c1. The summed E-state index contributed by atoms with van der Waals surface area (Å²) in [7, 11) is 0. The van der Waals surface area contributed by atoms with Crippen LogP contribution in [-0.4, -0.2) is 12.2 Å². The highest BCUT2D eigenvalue weighted by molar-refractivity contribution is 5.28. The van der Waals surface area contributed by atoms with Gasteiger partial charge in [-0.15, -0.1) is 0 Å². The van der Waals surface area contributed by atoms with Crippen molar-refractivity contribution in [2.75, 3.05) is 0 Å². The number of hydrogen-bond acceptors (Lipinski definition) is 3. The van der Waals surface area contributed by atoms with Crippen LogP contribution in [-0.2, 0) is 11.4 Å². The van der Waals surface area contributed by atoms with Crippen LogP contribution in [0.15, 0.2) is 24.3 Å². The summed E-state index contributed by atoms with van der Waals surface area (Å²) in [5, 5.41) is 0. The first kappa shape index (κ1) is 13.4. The molecular weight excluding hydrogens is 226 g/mol. The summed E-state index contributed by atoms with van der Waals surface area (Å²) >= 11 is 0. The van der Waals surface area contributed by atoms with E-state index in [0.29, 0.717) is 6.10 Å². The van der Waals surface area contributed by atoms with E-state index < -0.39 is 0 Å². The Kier molecular flexibility index (Phi) is 5.02. The van der Waals surface area contributed by atoms with Gasteiger partial charge < -0.3 is 4.74 Å². The molecule has 0 heterocycles. The van der Waals surface area contributed by atoms with Gasteiger partial charge in [0.25, 0.3) is 0 Å². The Morgan fingerprint density at radius 1 is 1.28 bits per heavy atom. The summed E-state index contributed by atoms with van der Waals surface area (Å²) < 4.78 is 5.67. The quantitative estimate of drug-likeness (QED) is 0.783. The molecular formula is C15H23NO2. The number of ether oxygens (including phenoxy) is 1. The largest absolute Gasteiger partial charge is 0.491 e. The second kappa shape index (κ2) is 6.76. The predicted molar refractivity (Wildman–Crippen MR) is 72.4 cm³/mol. The van der Waals surface area contributed by atoms with Crippen molar-refractivity contribution >= 4 is 0 Å². The molecule has 18 heavy (non-hydrogen) atoms. The molecule has 0 unspecified atom stereocenters. The summed E-state index contributed by atoms with van der Waals surface area (Å²) in [4.78, 5) is 5.64. The van der Waals surface area contributed by atoms with Gasteiger partial charge in [0, 0.05) is 6.54 Å². The van der Waals surface area contributed by atoms with E-state index in [1.165, 1.54) is 31.2 Å². The van der Waals surface area contributed by atoms with Crippen LogP contribution in [0.5, 0.6) is 5.75 Å². The monoisotopic (exact) mass is 249 g/mol. The highest BCUT2D eigenvalue weighted by atomic mass is 16.7. The first-order valence-electron chi connectivity index (χ1n) is 6.88.